The number of benzene rings is 3. The number of ether oxygens (including phenoxy) is 2. The summed E-state index contributed by atoms with van der Waals surface area (Å²) in [5.41, 5.74) is 2.75. The number of carbonyl (C=O) groups is 1. The first kappa shape index (κ1) is 33.5. The molecule has 0 saturated heterocycles. The lowest BCUT2D eigenvalue weighted by molar-refractivity contribution is -0.119. The molecule has 0 fully saturated rings. The largest absolute Gasteiger partial charge is 0.492 e. The van der Waals surface area contributed by atoms with Crippen molar-refractivity contribution in [2.24, 2.45) is 0 Å². The van der Waals surface area contributed by atoms with Gasteiger partial charge in [-0.3, -0.25) is 9.59 Å². The van der Waals surface area contributed by atoms with Crippen LogP contribution in [-0.4, -0.2) is 37.0 Å². The van der Waals surface area contributed by atoms with E-state index in [4.69, 9.17) is 17.8 Å². The van der Waals surface area contributed by atoms with E-state index in [1.165, 1.54) is 69.7 Å². The van der Waals surface area contributed by atoms with Crippen molar-refractivity contribution in [3.8, 4) is 34.1 Å². The van der Waals surface area contributed by atoms with Crippen molar-refractivity contribution >= 4 is 26.1 Å². The second-order valence-corrected chi connectivity index (χ2v) is 14.1. The Morgan fingerprint density at radius 3 is 1.79 bits per heavy atom. The fraction of sp³-hybridized carbons (Fsp3) is 0.235. The predicted octanol–water partition coefficient (Wildman–Crippen LogP) is 5.01. The zero-order valence-electron chi connectivity index (χ0n) is 26.3. The summed E-state index contributed by atoms with van der Waals surface area (Å²) in [5.74, 6) is -0.865. The highest BCUT2D eigenvalue weighted by Crippen LogP contribution is 2.51. The number of amides is 1. The van der Waals surface area contributed by atoms with Crippen LogP contribution in [0.3, 0.4) is 0 Å². The smallest absolute Gasteiger partial charge is 0.339 e. The molecule has 4 aromatic rings. The lowest BCUT2D eigenvalue weighted by atomic mass is 9.95. The molecule has 0 saturated carbocycles. The predicted molar refractivity (Wildman–Crippen MR) is 174 cm³/mol. The van der Waals surface area contributed by atoms with E-state index in [1.54, 1.807) is 24.3 Å². The molecule has 1 atom stereocenters. The summed E-state index contributed by atoms with van der Waals surface area (Å²) in [6, 6.07) is 17.0. The first-order valence-electron chi connectivity index (χ1n) is 14.5. The molecule has 13 heteroatoms. The number of nitrogens with one attached hydrogen (secondary N) is 1. The van der Waals surface area contributed by atoms with Crippen molar-refractivity contribution in [3.63, 3.8) is 0 Å². The van der Waals surface area contributed by atoms with Crippen molar-refractivity contribution in [2.75, 3.05) is 14.2 Å². The zero-order chi connectivity index (χ0) is 34.1. The Kier molecular flexibility index (Phi) is 9.32. The van der Waals surface area contributed by atoms with Gasteiger partial charge in [0.25, 0.3) is 0 Å². The van der Waals surface area contributed by atoms with Gasteiger partial charge < -0.3 is 23.2 Å². The second-order valence-electron chi connectivity index (χ2n) is 11.0. The molecule has 0 aliphatic heterocycles. The number of hydrogen-bond acceptors (Lipinski definition) is 10. The molecule has 1 unspecified atom stereocenters. The van der Waals surface area contributed by atoms with Gasteiger partial charge in [-0.05, 0) is 91.9 Å². The number of fused-ring (bicyclic) bond motifs is 3. The summed E-state index contributed by atoms with van der Waals surface area (Å²) in [5, 5.41) is 2.86. The average molecular weight is 680 g/mol. The Hall–Kier alpha value is -4.88. The van der Waals surface area contributed by atoms with Crippen LogP contribution in [0.15, 0.2) is 87.4 Å². The van der Waals surface area contributed by atoms with E-state index in [1.807, 2.05) is 13.8 Å². The van der Waals surface area contributed by atoms with E-state index in [-0.39, 0.29) is 32.9 Å². The van der Waals surface area contributed by atoms with Crippen molar-refractivity contribution in [1.29, 1.82) is 0 Å². The van der Waals surface area contributed by atoms with Crippen LogP contribution >= 0.6 is 0 Å². The lowest BCUT2D eigenvalue weighted by Crippen LogP contribution is -2.26. The van der Waals surface area contributed by atoms with E-state index in [9.17, 15) is 26.4 Å². The fourth-order valence-electron chi connectivity index (χ4n) is 5.42. The SMILES string of the molecule is COc1c(OS(=O)(=O)c2ccc(C)cc2)cc2c(c1OC)-c1ccc(OS(=O)(=O)c3ccc(C)cc3)c(=O)cc1C(NC(C)=O)CC2. The molecule has 4 aromatic carbocycles. The number of aryl methyl sites for hydroxylation is 3. The third kappa shape index (κ3) is 6.96. The average Bonchev–Trinajstić information content (AvgIpc) is 3.25. The minimum absolute atomic E-state index is 0.0295. The highest BCUT2D eigenvalue weighted by atomic mass is 32.2. The van der Waals surface area contributed by atoms with Gasteiger partial charge in [-0.1, -0.05) is 35.4 Å². The molecule has 0 radical (unpaired) electrons. The normalized spacial score (nSPS) is 14.2. The number of hydrogen-bond donors (Lipinski definition) is 1. The molecule has 1 N–H and O–H groups in total. The summed E-state index contributed by atoms with van der Waals surface area (Å²) >= 11 is 0. The quantitative estimate of drug-likeness (QED) is 0.239. The van der Waals surface area contributed by atoms with Crippen molar-refractivity contribution in [3.05, 3.63) is 105 Å². The maximum Gasteiger partial charge on any atom is 0.339 e. The summed E-state index contributed by atoms with van der Waals surface area (Å²) in [4.78, 5) is 25.6. The molecular weight excluding hydrogens is 647 g/mol. The number of carbonyl (C=O) groups excluding carboxylic acids is 1. The summed E-state index contributed by atoms with van der Waals surface area (Å²) in [6.07, 6.45) is 0.597. The van der Waals surface area contributed by atoms with E-state index < -0.39 is 37.5 Å². The second kappa shape index (κ2) is 13.1. The fourth-order valence-corrected chi connectivity index (χ4v) is 7.28. The maximum absolute atomic E-state index is 13.5. The van der Waals surface area contributed by atoms with Gasteiger partial charge in [-0.15, -0.1) is 0 Å². The third-order valence-electron chi connectivity index (χ3n) is 7.68. The van der Waals surface area contributed by atoms with Gasteiger partial charge >= 0.3 is 20.2 Å². The van der Waals surface area contributed by atoms with Crippen molar-refractivity contribution < 1.29 is 39.5 Å². The monoisotopic (exact) mass is 679 g/mol. The molecule has 47 heavy (non-hydrogen) atoms. The molecule has 1 aliphatic carbocycles. The maximum atomic E-state index is 13.5. The van der Waals surface area contributed by atoms with Gasteiger partial charge in [0, 0.05) is 12.5 Å². The highest BCUT2D eigenvalue weighted by molar-refractivity contribution is 7.87. The molecule has 0 aromatic heterocycles. The van der Waals surface area contributed by atoms with Crippen LogP contribution in [0.5, 0.6) is 23.0 Å². The van der Waals surface area contributed by atoms with Crippen molar-refractivity contribution in [2.45, 2.75) is 49.4 Å². The molecule has 0 spiro atoms. The Balaban J connectivity index is 1.69. The lowest BCUT2D eigenvalue weighted by Gasteiger charge is -2.20. The Labute approximate surface area is 273 Å². The van der Waals surface area contributed by atoms with Crippen LogP contribution in [0.4, 0.5) is 0 Å². The third-order valence-corrected chi connectivity index (χ3v) is 10.2. The first-order chi connectivity index (χ1) is 22.2. The van der Waals surface area contributed by atoms with E-state index >= 15 is 0 Å². The van der Waals surface area contributed by atoms with Gasteiger partial charge in [0.2, 0.25) is 17.1 Å². The molecule has 11 nitrogen and oxygen atoms in total. The van der Waals surface area contributed by atoms with Gasteiger partial charge in [0.1, 0.15) is 9.79 Å². The Morgan fingerprint density at radius 1 is 0.745 bits per heavy atom. The van der Waals surface area contributed by atoms with Crippen LogP contribution in [0, 0.1) is 13.8 Å². The summed E-state index contributed by atoms with van der Waals surface area (Å²) in [6.45, 7) is 4.98. The highest BCUT2D eigenvalue weighted by Gasteiger charge is 2.32. The van der Waals surface area contributed by atoms with Gasteiger partial charge in [0.05, 0.1) is 20.3 Å². The molecular formula is C34H33NO10S2. The van der Waals surface area contributed by atoms with Gasteiger partial charge in [-0.2, -0.15) is 16.8 Å². The Morgan fingerprint density at radius 2 is 1.28 bits per heavy atom. The van der Waals surface area contributed by atoms with Crippen LogP contribution in [0.25, 0.3) is 11.1 Å². The molecule has 0 bridgehead atoms. The van der Waals surface area contributed by atoms with E-state index in [0.717, 1.165) is 11.1 Å². The van der Waals surface area contributed by atoms with E-state index in [0.29, 0.717) is 35.1 Å². The minimum Gasteiger partial charge on any atom is -0.492 e. The standard InChI is InChI=1S/C34H33NO10S2/c1-20-6-11-24(12-7-20)46(38,39)44-30-17-15-26-27(19-29(30)37)28(35-22(3)36)16-10-23-18-31(33(42-4)34(43-5)32(23)26)45-47(40,41)25-13-8-21(2)9-14-25/h6-9,11-15,17-19,28H,10,16H2,1-5H3,(H,35,36). The van der Waals surface area contributed by atoms with Crippen molar-refractivity contribution in [1.82, 2.24) is 5.32 Å². The van der Waals surface area contributed by atoms with Crippen LogP contribution in [0.2, 0.25) is 0 Å². The van der Waals surface area contributed by atoms with Crippen LogP contribution in [-0.2, 0) is 31.5 Å². The summed E-state index contributed by atoms with van der Waals surface area (Å²) < 4.78 is 75.1. The number of rotatable bonds is 9. The minimum atomic E-state index is -4.37. The first-order valence-corrected chi connectivity index (χ1v) is 17.3. The molecule has 1 amide bonds. The topological polar surface area (TPSA) is 151 Å². The number of methoxy groups -OCH3 is 2. The van der Waals surface area contributed by atoms with Gasteiger partial charge in [0.15, 0.2) is 17.2 Å². The zero-order valence-corrected chi connectivity index (χ0v) is 28.0. The molecule has 5 rings (SSSR count). The van der Waals surface area contributed by atoms with E-state index in [2.05, 4.69) is 5.32 Å². The summed E-state index contributed by atoms with van der Waals surface area (Å²) in [7, 11) is -5.95. The van der Waals surface area contributed by atoms with Gasteiger partial charge in [-0.25, -0.2) is 0 Å². The molecule has 0 heterocycles. The Bertz CT molecular complexity index is 2130. The van der Waals surface area contributed by atoms with Crippen LogP contribution in [0.1, 0.15) is 41.6 Å². The molecule has 1 aliphatic rings. The molecule has 246 valence electrons. The van der Waals surface area contributed by atoms with Crippen LogP contribution < -0.4 is 28.6 Å².